The third-order valence-corrected chi connectivity index (χ3v) is 4.21. The molecule has 0 amide bonds. The van der Waals surface area contributed by atoms with E-state index in [9.17, 15) is 0 Å². The van der Waals surface area contributed by atoms with Crippen molar-refractivity contribution in [3.63, 3.8) is 0 Å². The minimum absolute atomic E-state index is 0.199. The maximum Gasteiger partial charge on any atom is 0.136 e. The predicted octanol–water partition coefficient (Wildman–Crippen LogP) is 4.33. The van der Waals surface area contributed by atoms with E-state index in [1.807, 2.05) is 13.1 Å². The fraction of sp³-hybridized carbons (Fsp3) is 0.375. The molecule has 0 aliphatic heterocycles. The largest absolute Gasteiger partial charge is 0.373 e. The fourth-order valence-electron chi connectivity index (χ4n) is 2.25. The molecule has 3 rings (SSSR count). The molecule has 1 aliphatic rings. The molecular formula is C16H19BrN4. The van der Waals surface area contributed by atoms with Crippen LogP contribution >= 0.6 is 15.9 Å². The number of benzene rings is 1. The highest BCUT2D eigenvalue weighted by Gasteiger charge is 2.27. The second-order valence-corrected chi connectivity index (χ2v) is 6.35. The van der Waals surface area contributed by atoms with Crippen molar-refractivity contribution in [2.45, 2.75) is 31.7 Å². The Bertz CT molecular complexity index is 623. The summed E-state index contributed by atoms with van der Waals surface area (Å²) in [6.45, 7) is 2.14. The third-order valence-electron chi connectivity index (χ3n) is 3.68. The molecule has 1 saturated carbocycles. The number of hydrogen-bond acceptors (Lipinski definition) is 4. The Morgan fingerprint density at radius 2 is 1.81 bits per heavy atom. The molecule has 1 fully saturated rings. The van der Waals surface area contributed by atoms with Gasteiger partial charge in [0.1, 0.15) is 17.5 Å². The van der Waals surface area contributed by atoms with Gasteiger partial charge in [-0.05, 0) is 37.5 Å². The summed E-state index contributed by atoms with van der Waals surface area (Å²) in [5.41, 5.74) is 1.23. The van der Waals surface area contributed by atoms with E-state index in [4.69, 9.17) is 0 Å². The van der Waals surface area contributed by atoms with Crippen LogP contribution in [-0.2, 0) is 0 Å². The monoisotopic (exact) mass is 346 g/mol. The number of hydrogen-bond donors (Lipinski definition) is 2. The average Bonchev–Trinajstić information content (AvgIpc) is 3.32. The molecule has 110 valence electrons. The summed E-state index contributed by atoms with van der Waals surface area (Å²) in [6.07, 6.45) is 2.41. The maximum absolute atomic E-state index is 4.65. The average molecular weight is 347 g/mol. The van der Waals surface area contributed by atoms with Crippen molar-refractivity contribution in [1.29, 1.82) is 0 Å². The van der Waals surface area contributed by atoms with Crippen LogP contribution in [0.5, 0.6) is 0 Å². The summed E-state index contributed by atoms with van der Waals surface area (Å²) >= 11 is 3.46. The van der Waals surface area contributed by atoms with Gasteiger partial charge >= 0.3 is 0 Å². The summed E-state index contributed by atoms with van der Waals surface area (Å²) in [4.78, 5) is 9.19. The number of anilines is 2. The van der Waals surface area contributed by atoms with E-state index in [-0.39, 0.29) is 6.04 Å². The van der Waals surface area contributed by atoms with Gasteiger partial charge in [0.2, 0.25) is 0 Å². The molecule has 2 aromatic rings. The van der Waals surface area contributed by atoms with Crippen LogP contribution in [0.2, 0.25) is 0 Å². The van der Waals surface area contributed by atoms with Crippen LogP contribution in [0, 0.1) is 0 Å². The van der Waals surface area contributed by atoms with Gasteiger partial charge in [-0.3, -0.25) is 0 Å². The van der Waals surface area contributed by atoms with Crippen LogP contribution in [0.1, 0.15) is 43.1 Å². The van der Waals surface area contributed by atoms with Gasteiger partial charge in [0.25, 0.3) is 0 Å². The van der Waals surface area contributed by atoms with E-state index in [1.54, 1.807) is 0 Å². The Morgan fingerprint density at radius 3 is 2.43 bits per heavy atom. The van der Waals surface area contributed by atoms with Gasteiger partial charge < -0.3 is 10.6 Å². The van der Waals surface area contributed by atoms with Crippen molar-refractivity contribution in [3.8, 4) is 0 Å². The zero-order valence-corrected chi connectivity index (χ0v) is 13.8. The number of nitrogens with zero attached hydrogens (tertiary/aromatic N) is 2. The molecule has 4 nitrogen and oxygen atoms in total. The highest BCUT2D eigenvalue weighted by atomic mass is 79.9. The van der Waals surface area contributed by atoms with Gasteiger partial charge in [0, 0.05) is 29.5 Å². The molecule has 0 bridgehead atoms. The van der Waals surface area contributed by atoms with Crippen molar-refractivity contribution in [2.75, 3.05) is 17.7 Å². The molecule has 1 unspecified atom stereocenters. The third kappa shape index (κ3) is 3.53. The van der Waals surface area contributed by atoms with Gasteiger partial charge in [-0.1, -0.05) is 28.1 Å². The standard InChI is InChI=1S/C16H19BrN4/c1-10(11-5-7-13(17)8-6-11)19-15-9-14(18-2)20-16(21-15)12-3-4-12/h5-10,12H,3-4H2,1-2H3,(H2,18,19,20,21). The first-order valence-electron chi connectivity index (χ1n) is 7.24. The first-order chi connectivity index (χ1) is 10.2. The van der Waals surface area contributed by atoms with Crippen LogP contribution in [-0.4, -0.2) is 17.0 Å². The maximum atomic E-state index is 4.65. The van der Waals surface area contributed by atoms with E-state index >= 15 is 0 Å². The summed E-state index contributed by atoms with van der Waals surface area (Å²) < 4.78 is 1.09. The zero-order chi connectivity index (χ0) is 14.8. The lowest BCUT2D eigenvalue weighted by Gasteiger charge is -2.16. The number of halogens is 1. The molecule has 0 radical (unpaired) electrons. The van der Waals surface area contributed by atoms with Crippen LogP contribution in [0.25, 0.3) is 0 Å². The van der Waals surface area contributed by atoms with E-state index in [2.05, 4.69) is 67.7 Å². The summed E-state index contributed by atoms with van der Waals surface area (Å²) in [7, 11) is 1.89. The van der Waals surface area contributed by atoms with E-state index < -0.39 is 0 Å². The van der Waals surface area contributed by atoms with Crippen LogP contribution in [0.3, 0.4) is 0 Å². The predicted molar refractivity (Wildman–Crippen MR) is 89.7 cm³/mol. The van der Waals surface area contributed by atoms with Crippen LogP contribution in [0.15, 0.2) is 34.8 Å². The smallest absolute Gasteiger partial charge is 0.136 e. The first kappa shape index (κ1) is 14.3. The van der Waals surface area contributed by atoms with Gasteiger partial charge in [0.05, 0.1) is 0 Å². The highest BCUT2D eigenvalue weighted by Crippen LogP contribution is 2.39. The van der Waals surface area contributed by atoms with Crippen molar-refractivity contribution >= 4 is 27.6 Å². The lowest BCUT2D eigenvalue weighted by atomic mass is 10.1. The Hall–Kier alpha value is -1.62. The molecule has 1 aliphatic carbocycles. The number of nitrogens with one attached hydrogen (secondary N) is 2. The fourth-order valence-corrected chi connectivity index (χ4v) is 2.51. The van der Waals surface area contributed by atoms with E-state index in [0.717, 1.165) is 21.9 Å². The Labute approximate surface area is 133 Å². The SMILES string of the molecule is CNc1cc(NC(C)c2ccc(Br)cc2)nc(C2CC2)n1. The van der Waals surface area contributed by atoms with Crippen molar-refractivity contribution in [3.05, 3.63) is 46.2 Å². The van der Waals surface area contributed by atoms with Crippen LogP contribution in [0.4, 0.5) is 11.6 Å². The van der Waals surface area contributed by atoms with Crippen molar-refractivity contribution in [1.82, 2.24) is 9.97 Å². The lowest BCUT2D eigenvalue weighted by Crippen LogP contribution is -2.10. The molecule has 1 atom stereocenters. The number of aromatic nitrogens is 2. The Morgan fingerprint density at radius 1 is 1.14 bits per heavy atom. The molecule has 2 N–H and O–H groups in total. The second-order valence-electron chi connectivity index (χ2n) is 5.44. The molecule has 1 heterocycles. The van der Waals surface area contributed by atoms with Gasteiger partial charge in [-0.15, -0.1) is 0 Å². The highest BCUT2D eigenvalue weighted by molar-refractivity contribution is 9.10. The molecule has 5 heteroatoms. The topological polar surface area (TPSA) is 49.8 Å². The van der Waals surface area contributed by atoms with Crippen LogP contribution < -0.4 is 10.6 Å². The summed E-state index contributed by atoms with van der Waals surface area (Å²) in [5, 5.41) is 6.58. The van der Waals surface area contributed by atoms with Gasteiger partial charge in [-0.2, -0.15) is 0 Å². The minimum Gasteiger partial charge on any atom is -0.373 e. The molecule has 0 saturated heterocycles. The second kappa shape index (κ2) is 6.02. The summed E-state index contributed by atoms with van der Waals surface area (Å²) in [5.74, 6) is 3.25. The first-order valence-corrected chi connectivity index (χ1v) is 8.03. The van der Waals surface area contributed by atoms with Crippen molar-refractivity contribution in [2.24, 2.45) is 0 Å². The zero-order valence-electron chi connectivity index (χ0n) is 12.2. The normalized spacial score (nSPS) is 15.6. The molecule has 21 heavy (non-hydrogen) atoms. The van der Waals surface area contributed by atoms with Gasteiger partial charge in [-0.25, -0.2) is 9.97 Å². The van der Waals surface area contributed by atoms with Gasteiger partial charge in [0.15, 0.2) is 0 Å². The minimum atomic E-state index is 0.199. The Kier molecular flexibility index (Phi) is 4.10. The molecule has 0 spiro atoms. The van der Waals surface area contributed by atoms with Crippen molar-refractivity contribution < 1.29 is 0 Å². The van der Waals surface area contributed by atoms with E-state index in [0.29, 0.717) is 5.92 Å². The lowest BCUT2D eigenvalue weighted by molar-refractivity contribution is 0.855. The molecular weight excluding hydrogens is 328 g/mol. The molecule has 1 aromatic heterocycles. The Balaban J connectivity index is 1.79. The quantitative estimate of drug-likeness (QED) is 0.845. The molecule has 1 aromatic carbocycles. The summed E-state index contributed by atoms with van der Waals surface area (Å²) in [6, 6.07) is 10.5. The number of rotatable bonds is 5. The van der Waals surface area contributed by atoms with E-state index in [1.165, 1.54) is 18.4 Å².